The van der Waals surface area contributed by atoms with E-state index in [1.807, 2.05) is 0 Å². The van der Waals surface area contributed by atoms with Crippen molar-refractivity contribution in [2.75, 3.05) is 0 Å². The van der Waals surface area contributed by atoms with Crippen LogP contribution in [0.3, 0.4) is 0 Å². The second-order valence-corrected chi connectivity index (χ2v) is 6.62. The van der Waals surface area contributed by atoms with Crippen molar-refractivity contribution in [3.8, 4) is 0 Å². The monoisotopic (exact) mass is 245 g/mol. The number of hydrogen-bond acceptors (Lipinski definition) is 1. The molecule has 0 saturated heterocycles. The largest absolute Gasteiger partial charge is 0.324 e. The van der Waals surface area contributed by atoms with E-state index in [-0.39, 0.29) is 6.04 Å². The third kappa shape index (κ3) is 3.14. The summed E-state index contributed by atoms with van der Waals surface area (Å²) in [5.74, 6) is 2.32. The molecule has 0 amide bonds. The maximum Gasteiger partial charge on any atom is 0.0323 e. The second kappa shape index (κ2) is 5.44. The van der Waals surface area contributed by atoms with E-state index in [2.05, 4.69) is 45.9 Å². The summed E-state index contributed by atoms with van der Waals surface area (Å²) in [6.45, 7) is 9.07. The lowest BCUT2D eigenvalue weighted by Gasteiger charge is -2.35. The molecule has 1 aliphatic carbocycles. The van der Waals surface area contributed by atoms with Crippen molar-refractivity contribution in [1.29, 1.82) is 0 Å². The first kappa shape index (κ1) is 13.6. The molecule has 100 valence electrons. The molecular weight excluding hydrogens is 218 g/mol. The topological polar surface area (TPSA) is 26.0 Å². The summed E-state index contributed by atoms with van der Waals surface area (Å²) < 4.78 is 0. The van der Waals surface area contributed by atoms with E-state index in [1.165, 1.54) is 36.0 Å². The Kier molecular flexibility index (Phi) is 4.11. The van der Waals surface area contributed by atoms with Gasteiger partial charge in [0.2, 0.25) is 0 Å². The summed E-state index contributed by atoms with van der Waals surface area (Å²) in [6.07, 6.45) is 3.95. The molecule has 0 radical (unpaired) electrons. The third-order valence-corrected chi connectivity index (χ3v) is 4.35. The average molecular weight is 245 g/mol. The number of nitrogens with two attached hydrogens (primary N) is 1. The Labute approximate surface area is 112 Å². The van der Waals surface area contributed by atoms with E-state index in [9.17, 15) is 0 Å². The molecule has 3 atom stereocenters. The van der Waals surface area contributed by atoms with Crippen molar-refractivity contribution in [1.82, 2.24) is 0 Å². The van der Waals surface area contributed by atoms with E-state index in [4.69, 9.17) is 5.73 Å². The molecule has 1 nitrogen and oxygen atoms in total. The highest BCUT2D eigenvalue weighted by atomic mass is 14.7. The van der Waals surface area contributed by atoms with Crippen molar-refractivity contribution in [2.45, 2.75) is 53.0 Å². The van der Waals surface area contributed by atoms with Crippen LogP contribution >= 0.6 is 0 Å². The van der Waals surface area contributed by atoms with Crippen LogP contribution in [0.15, 0.2) is 18.2 Å². The highest BCUT2D eigenvalue weighted by molar-refractivity contribution is 5.31. The molecule has 18 heavy (non-hydrogen) atoms. The van der Waals surface area contributed by atoms with Crippen molar-refractivity contribution < 1.29 is 0 Å². The molecule has 1 fully saturated rings. The summed E-state index contributed by atoms with van der Waals surface area (Å²) in [5.41, 5.74) is 10.5. The standard InChI is InChI=1S/C17H27N/c1-11-5-12(2)8-15(7-11)17(18)16-9-13(3)6-14(4)10-16/h5,7-8,13-14,16-17H,6,9-10,18H2,1-4H3. The summed E-state index contributed by atoms with van der Waals surface area (Å²) in [5, 5.41) is 0. The fourth-order valence-electron chi connectivity index (χ4n) is 3.78. The Morgan fingerprint density at radius 3 is 1.94 bits per heavy atom. The zero-order chi connectivity index (χ0) is 13.3. The molecule has 1 aliphatic rings. The smallest absolute Gasteiger partial charge is 0.0323 e. The van der Waals surface area contributed by atoms with Crippen molar-refractivity contribution >= 4 is 0 Å². The van der Waals surface area contributed by atoms with Gasteiger partial charge in [0.25, 0.3) is 0 Å². The normalized spacial score (nSPS) is 30.2. The molecule has 2 N–H and O–H groups in total. The molecule has 1 saturated carbocycles. The first-order valence-corrected chi connectivity index (χ1v) is 7.29. The fourth-order valence-corrected chi connectivity index (χ4v) is 3.78. The predicted molar refractivity (Wildman–Crippen MR) is 78.5 cm³/mol. The van der Waals surface area contributed by atoms with Crippen LogP contribution in [0.2, 0.25) is 0 Å². The quantitative estimate of drug-likeness (QED) is 0.822. The molecule has 0 aromatic heterocycles. The molecule has 1 heteroatoms. The van der Waals surface area contributed by atoms with Gasteiger partial charge in [-0.1, -0.05) is 43.2 Å². The predicted octanol–water partition coefficient (Wildman–Crippen LogP) is 4.38. The van der Waals surface area contributed by atoms with Crippen LogP contribution < -0.4 is 5.73 Å². The highest BCUT2D eigenvalue weighted by Crippen LogP contribution is 2.38. The van der Waals surface area contributed by atoms with E-state index in [1.54, 1.807) is 0 Å². The zero-order valence-electron chi connectivity index (χ0n) is 12.2. The van der Waals surface area contributed by atoms with Crippen LogP contribution in [-0.2, 0) is 0 Å². The van der Waals surface area contributed by atoms with Gasteiger partial charge in [0.05, 0.1) is 0 Å². The molecule has 0 bridgehead atoms. The molecule has 2 rings (SSSR count). The summed E-state index contributed by atoms with van der Waals surface area (Å²) in [7, 11) is 0. The van der Waals surface area contributed by atoms with Gasteiger partial charge in [-0.2, -0.15) is 0 Å². The van der Waals surface area contributed by atoms with Gasteiger partial charge >= 0.3 is 0 Å². The average Bonchev–Trinajstić information content (AvgIpc) is 2.25. The van der Waals surface area contributed by atoms with Crippen LogP contribution in [0.1, 0.15) is 55.8 Å². The molecule has 1 aromatic carbocycles. The maximum absolute atomic E-state index is 6.53. The van der Waals surface area contributed by atoms with E-state index >= 15 is 0 Å². The van der Waals surface area contributed by atoms with Gasteiger partial charge in [0.1, 0.15) is 0 Å². The van der Waals surface area contributed by atoms with E-state index in [0.717, 1.165) is 11.8 Å². The van der Waals surface area contributed by atoms with Gasteiger partial charge in [-0.15, -0.1) is 0 Å². The molecule has 0 aliphatic heterocycles. The molecule has 0 heterocycles. The minimum absolute atomic E-state index is 0.216. The number of aryl methyl sites for hydroxylation is 2. The SMILES string of the molecule is Cc1cc(C)cc(C(N)C2CC(C)CC(C)C2)c1. The van der Waals surface area contributed by atoms with E-state index < -0.39 is 0 Å². The minimum atomic E-state index is 0.216. The Bertz CT molecular complexity index is 380. The van der Waals surface area contributed by atoms with Crippen molar-refractivity contribution in [3.05, 3.63) is 34.9 Å². The number of hydrogen-bond donors (Lipinski definition) is 1. The van der Waals surface area contributed by atoms with Crippen LogP contribution in [0, 0.1) is 31.6 Å². The summed E-state index contributed by atoms with van der Waals surface area (Å²) in [4.78, 5) is 0. The van der Waals surface area contributed by atoms with Crippen LogP contribution in [0.5, 0.6) is 0 Å². The highest BCUT2D eigenvalue weighted by Gasteiger charge is 2.28. The Morgan fingerprint density at radius 1 is 0.944 bits per heavy atom. The zero-order valence-corrected chi connectivity index (χ0v) is 12.2. The number of benzene rings is 1. The van der Waals surface area contributed by atoms with Crippen LogP contribution in [0.25, 0.3) is 0 Å². The molecule has 0 spiro atoms. The van der Waals surface area contributed by atoms with Crippen molar-refractivity contribution in [2.24, 2.45) is 23.5 Å². The lowest BCUT2D eigenvalue weighted by molar-refractivity contribution is 0.193. The van der Waals surface area contributed by atoms with Gasteiger partial charge < -0.3 is 5.73 Å². The first-order chi connectivity index (χ1) is 8.45. The van der Waals surface area contributed by atoms with Crippen LogP contribution in [0.4, 0.5) is 0 Å². The van der Waals surface area contributed by atoms with Gasteiger partial charge in [0, 0.05) is 6.04 Å². The van der Waals surface area contributed by atoms with Gasteiger partial charge in [-0.05, 0) is 56.4 Å². The molecular formula is C17H27N. The molecule has 1 aromatic rings. The second-order valence-electron chi connectivity index (χ2n) is 6.62. The summed E-state index contributed by atoms with van der Waals surface area (Å²) >= 11 is 0. The third-order valence-electron chi connectivity index (χ3n) is 4.35. The van der Waals surface area contributed by atoms with Gasteiger partial charge in [-0.25, -0.2) is 0 Å². The lowest BCUT2D eigenvalue weighted by Crippen LogP contribution is -2.29. The summed E-state index contributed by atoms with van der Waals surface area (Å²) in [6, 6.07) is 6.97. The first-order valence-electron chi connectivity index (χ1n) is 7.29. The fraction of sp³-hybridized carbons (Fsp3) is 0.647. The Hall–Kier alpha value is -0.820. The lowest BCUT2D eigenvalue weighted by atomic mass is 9.72. The van der Waals surface area contributed by atoms with E-state index in [0.29, 0.717) is 5.92 Å². The van der Waals surface area contributed by atoms with Gasteiger partial charge in [-0.3, -0.25) is 0 Å². The Balaban J connectivity index is 2.17. The van der Waals surface area contributed by atoms with Crippen molar-refractivity contribution in [3.63, 3.8) is 0 Å². The van der Waals surface area contributed by atoms with Gasteiger partial charge in [0.15, 0.2) is 0 Å². The minimum Gasteiger partial charge on any atom is -0.324 e. The molecule has 3 unspecified atom stereocenters. The van der Waals surface area contributed by atoms with Crippen LogP contribution in [-0.4, -0.2) is 0 Å². The number of rotatable bonds is 2. The Morgan fingerprint density at radius 2 is 1.44 bits per heavy atom. The maximum atomic E-state index is 6.53.